The first-order valence-electron chi connectivity index (χ1n) is 4.70. The summed E-state index contributed by atoms with van der Waals surface area (Å²) in [6.45, 7) is 0. The highest BCUT2D eigenvalue weighted by molar-refractivity contribution is 9.10. The number of carbonyl (C=O) groups is 1. The van der Waals surface area contributed by atoms with Gasteiger partial charge in [0, 0.05) is 0 Å². The fourth-order valence-electron chi connectivity index (χ4n) is 1.45. The van der Waals surface area contributed by atoms with Crippen LogP contribution in [0.1, 0.15) is 15.9 Å². The van der Waals surface area contributed by atoms with E-state index in [-0.39, 0.29) is 7.48 Å². The Kier molecular flexibility index (Phi) is 4.83. The largest absolute Gasteiger partial charge is 0.495 e. The average molecular weight is 287 g/mol. The number of hydrogen-bond acceptors (Lipinski definition) is 4. The summed E-state index contributed by atoms with van der Waals surface area (Å²) in [5.41, 5.74) is 1.06. The van der Waals surface area contributed by atoms with E-state index in [1.807, 2.05) is 0 Å². The van der Waals surface area contributed by atoms with Gasteiger partial charge in [0.2, 0.25) is 0 Å². The maximum absolute atomic E-state index is 11.6. The van der Waals surface area contributed by atoms with Crippen LogP contribution in [-0.4, -0.2) is 32.7 Å². The van der Waals surface area contributed by atoms with Crippen LogP contribution in [0.4, 0.5) is 0 Å². The molecule has 6 heteroatoms. The van der Waals surface area contributed by atoms with Gasteiger partial charge < -0.3 is 14.5 Å². The number of hydrogen-bond donors (Lipinski definition) is 1. The zero-order valence-electron chi connectivity index (χ0n) is 9.12. The Morgan fingerprint density at radius 1 is 1.50 bits per heavy atom. The van der Waals surface area contributed by atoms with Crippen molar-refractivity contribution < 1.29 is 19.3 Å². The Hall–Kier alpha value is -1.01. The molecule has 16 heavy (non-hydrogen) atoms. The molecule has 1 N–H and O–H groups in total. The van der Waals surface area contributed by atoms with Gasteiger partial charge in [-0.15, -0.1) is 0 Å². The summed E-state index contributed by atoms with van der Waals surface area (Å²) in [6.07, 6.45) is 0.383. The van der Waals surface area contributed by atoms with Crippen LogP contribution >= 0.6 is 15.9 Å². The molecule has 0 radical (unpaired) electrons. The molecule has 0 spiro atoms. The van der Waals surface area contributed by atoms with Crippen LogP contribution in [0, 0.1) is 0 Å². The standard InChI is InChI=1S/C10H12BBrO4/c1-15-9-7(12)4-3-6(5-11-14)8(9)10(13)16-2/h3-4,11,14H,5H2,1-2H3. The van der Waals surface area contributed by atoms with E-state index >= 15 is 0 Å². The summed E-state index contributed by atoms with van der Waals surface area (Å²) in [5, 5.41) is 8.93. The van der Waals surface area contributed by atoms with Crippen LogP contribution in [0.3, 0.4) is 0 Å². The van der Waals surface area contributed by atoms with E-state index in [0.717, 1.165) is 0 Å². The molecule has 0 aromatic heterocycles. The van der Waals surface area contributed by atoms with Crippen LogP contribution in [0.25, 0.3) is 0 Å². The van der Waals surface area contributed by atoms with Crippen LogP contribution < -0.4 is 4.74 Å². The number of ether oxygens (including phenoxy) is 2. The van der Waals surface area contributed by atoms with E-state index < -0.39 is 5.97 Å². The highest BCUT2D eigenvalue weighted by Gasteiger charge is 2.20. The Bertz CT molecular complexity index is 395. The van der Waals surface area contributed by atoms with Crippen molar-refractivity contribution in [3.8, 4) is 5.75 Å². The molecule has 0 saturated heterocycles. The Morgan fingerprint density at radius 3 is 2.69 bits per heavy atom. The summed E-state index contributed by atoms with van der Waals surface area (Å²) in [4.78, 5) is 11.6. The molecule has 0 bridgehead atoms. The number of halogens is 1. The van der Waals surface area contributed by atoms with Gasteiger partial charge in [0.15, 0.2) is 0 Å². The summed E-state index contributed by atoms with van der Waals surface area (Å²) in [5.74, 6) is -0.0422. The van der Waals surface area contributed by atoms with Gasteiger partial charge in [-0.1, -0.05) is 6.07 Å². The molecule has 1 aromatic rings. The van der Waals surface area contributed by atoms with Crippen LogP contribution in [0.15, 0.2) is 16.6 Å². The predicted molar refractivity (Wildman–Crippen MR) is 65.1 cm³/mol. The second kappa shape index (κ2) is 5.91. The third-order valence-electron chi connectivity index (χ3n) is 2.17. The minimum Gasteiger partial charge on any atom is -0.495 e. The summed E-state index contributed by atoms with van der Waals surface area (Å²) in [6, 6.07) is 3.53. The number of carbonyl (C=O) groups excluding carboxylic acids is 1. The lowest BCUT2D eigenvalue weighted by Gasteiger charge is -2.12. The number of benzene rings is 1. The first-order valence-corrected chi connectivity index (χ1v) is 5.49. The molecule has 0 fully saturated rings. The minimum absolute atomic E-state index is 0.0330. The Labute approximate surface area is 103 Å². The maximum Gasteiger partial charge on any atom is 0.341 e. The minimum atomic E-state index is -0.471. The molecule has 0 aliphatic heterocycles. The molecule has 0 saturated carbocycles. The van der Waals surface area contributed by atoms with Gasteiger partial charge in [-0.25, -0.2) is 4.79 Å². The molecule has 86 valence electrons. The Morgan fingerprint density at radius 2 is 2.19 bits per heavy atom. The zero-order chi connectivity index (χ0) is 12.1. The Balaban J connectivity index is 3.34. The van der Waals surface area contributed by atoms with Crippen molar-refractivity contribution in [1.29, 1.82) is 0 Å². The van der Waals surface area contributed by atoms with Crippen molar-refractivity contribution >= 4 is 29.4 Å². The molecule has 1 aromatic carbocycles. The molecule has 1 rings (SSSR count). The van der Waals surface area contributed by atoms with Crippen LogP contribution in [0.2, 0.25) is 0 Å². The lowest BCUT2D eigenvalue weighted by Crippen LogP contribution is -2.10. The summed E-state index contributed by atoms with van der Waals surface area (Å²) < 4.78 is 10.5. The third-order valence-corrected chi connectivity index (χ3v) is 2.80. The van der Waals surface area contributed by atoms with Gasteiger partial charge in [-0.2, -0.15) is 0 Å². The van der Waals surface area contributed by atoms with Crippen molar-refractivity contribution in [3.05, 3.63) is 27.7 Å². The van der Waals surface area contributed by atoms with Crippen molar-refractivity contribution in [1.82, 2.24) is 0 Å². The van der Waals surface area contributed by atoms with E-state index in [4.69, 9.17) is 14.5 Å². The monoisotopic (exact) mass is 286 g/mol. The van der Waals surface area contributed by atoms with Crippen LogP contribution in [-0.2, 0) is 11.1 Å². The fourth-order valence-corrected chi connectivity index (χ4v) is 1.94. The molecule has 0 unspecified atom stereocenters. The predicted octanol–water partition coefficient (Wildman–Crippen LogP) is 1.09. The van der Waals surface area contributed by atoms with E-state index in [1.54, 1.807) is 12.1 Å². The first kappa shape index (κ1) is 13.1. The van der Waals surface area contributed by atoms with E-state index in [0.29, 0.717) is 27.7 Å². The van der Waals surface area contributed by atoms with E-state index in [1.165, 1.54) is 14.2 Å². The summed E-state index contributed by atoms with van der Waals surface area (Å²) >= 11 is 3.29. The van der Waals surface area contributed by atoms with E-state index in [2.05, 4.69) is 15.9 Å². The highest BCUT2D eigenvalue weighted by Crippen LogP contribution is 2.32. The SMILES string of the molecule is COC(=O)c1c(CBO)ccc(Br)c1OC. The highest BCUT2D eigenvalue weighted by atomic mass is 79.9. The lowest BCUT2D eigenvalue weighted by molar-refractivity contribution is 0.0596. The lowest BCUT2D eigenvalue weighted by atomic mass is 9.87. The maximum atomic E-state index is 11.6. The number of esters is 1. The van der Waals surface area contributed by atoms with Crippen molar-refractivity contribution in [2.45, 2.75) is 6.32 Å². The van der Waals surface area contributed by atoms with Gasteiger partial charge >= 0.3 is 5.97 Å². The number of rotatable bonds is 4. The van der Waals surface area contributed by atoms with Crippen molar-refractivity contribution in [3.63, 3.8) is 0 Å². The molecule has 4 nitrogen and oxygen atoms in total. The molecular formula is C10H12BBrO4. The quantitative estimate of drug-likeness (QED) is 0.665. The number of methoxy groups -OCH3 is 2. The van der Waals surface area contributed by atoms with Gasteiger partial charge in [0.1, 0.15) is 11.3 Å². The second-order valence-electron chi connectivity index (χ2n) is 3.08. The smallest absolute Gasteiger partial charge is 0.341 e. The van der Waals surface area contributed by atoms with Crippen LogP contribution in [0.5, 0.6) is 5.75 Å². The normalized spacial score (nSPS) is 9.75. The molecular weight excluding hydrogens is 275 g/mol. The topological polar surface area (TPSA) is 55.8 Å². The van der Waals surface area contributed by atoms with Crippen molar-refractivity contribution in [2.75, 3.05) is 14.2 Å². The molecule has 0 heterocycles. The third kappa shape index (κ3) is 2.57. The summed E-state index contributed by atoms with van der Waals surface area (Å²) in [7, 11) is 2.76. The molecule has 0 atom stereocenters. The van der Waals surface area contributed by atoms with Crippen molar-refractivity contribution in [2.24, 2.45) is 0 Å². The fraction of sp³-hybridized carbons (Fsp3) is 0.300. The molecule has 0 aliphatic rings. The molecule has 0 amide bonds. The average Bonchev–Trinajstić information content (AvgIpc) is 2.30. The van der Waals surface area contributed by atoms with Gasteiger partial charge in [-0.3, -0.25) is 0 Å². The van der Waals surface area contributed by atoms with E-state index in [9.17, 15) is 4.79 Å². The first-order chi connectivity index (χ1) is 7.65. The zero-order valence-corrected chi connectivity index (χ0v) is 10.7. The van der Waals surface area contributed by atoms with Gasteiger partial charge in [-0.05, 0) is 33.9 Å². The molecule has 0 aliphatic carbocycles. The second-order valence-corrected chi connectivity index (χ2v) is 3.93. The van der Waals surface area contributed by atoms with Gasteiger partial charge in [0.05, 0.1) is 18.7 Å². The van der Waals surface area contributed by atoms with Gasteiger partial charge in [0.25, 0.3) is 7.48 Å².